The van der Waals surface area contributed by atoms with Crippen molar-refractivity contribution in [3.8, 4) is 0 Å². The van der Waals surface area contributed by atoms with Crippen molar-refractivity contribution in [2.75, 3.05) is 0 Å². The molecule has 1 rings (SSSR count). The topological polar surface area (TPSA) is 70.2 Å². The van der Waals surface area contributed by atoms with Gasteiger partial charge in [-0.3, -0.25) is 4.79 Å². The van der Waals surface area contributed by atoms with E-state index in [1.165, 1.54) is 12.3 Å². The van der Waals surface area contributed by atoms with E-state index in [1.807, 2.05) is 0 Å². The zero-order valence-electron chi connectivity index (χ0n) is 5.30. The summed E-state index contributed by atoms with van der Waals surface area (Å²) in [7, 11) is 0. The summed E-state index contributed by atoms with van der Waals surface area (Å²) in [4.78, 5) is 23.6. The van der Waals surface area contributed by atoms with E-state index in [1.54, 1.807) is 0 Å². The van der Waals surface area contributed by atoms with Gasteiger partial charge < -0.3 is 10.1 Å². The molecule has 0 saturated heterocycles. The van der Waals surface area contributed by atoms with Gasteiger partial charge in [-0.2, -0.15) is 0 Å². The molecule has 2 N–H and O–H groups in total. The van der Waals surface area contributed by atoms with Crippen LogP contribution in [0.5, 0.6) is 0 Å². The van der Waals surface area contributed by atoms with Gasteiger partial charge in [0.15, 0.2) is 5.43 Å². The molecular weight excluding hydrogens is 214 g/mol. The minimum absolute atomic E-state index is 0.0486. The molecule has 0 spiro atoms. The molecule has 1 heterocycles. The Morgan fingerprint density at radius 2 is 2.27 bits per heavy atom. The summed E-state index contributed by atoms with van der Waals surface area (Å²) in [6, 6.07) is 1.25. The average molecular weight is 218 g/mol. The van der Waals surface area contributed by atoms with Crippen LogP contribution in [-0.4, -0.2) is 16.1 Å². The maximum Gasteiger partial charge on any atom is 0.353 e. The number of carboxylic acid groups (broad SMARTS) is 1. The average Bonchev–Trinajstić information content (AvgIpc) is 1.94. The molecule has 0 amide bonds. The zero-order chi connectivity index (χ0) is 8.43. The van der Waals surface area contributed by atoms with Crippen LogP contribution in [0.1, 0.15) is 10.5 Å². The molecule has 0 radical (unpaired) electrons. The highest BCUT2D eigenvalue weighted by atomic mass is 79.9. The van der Waals surface area contributed by atoms with Crippen LogP contribution in [0.25, 0.3) is 0 Å². The molecule has 0 aliphatic carbocycles. The van der Waals surface area contributed by atoms with Crippen LogP contribution in [0.3, 0.4) is 0 Å². The first-order valence-electron chi connectivity index (χ1n) is 2.73. The smallest absolute Gasteiger partial charge is 0.353 e. The first-order valence-corrected chi connectivity index (χ1v) is 3.52. The van der Waals surface area contributed by atoms with E-state index in [2.05, 4.69) is 20.9 Å². The van der Waals surface area contributed by atoms with Crippen molar-refractivity contribution in [1.29, 1.82) is 0 Å². The Morgan fingerprint density at radius 1 is 1.64 bits per heavy atom. The molecule has 11 heavy (non-hydrogen) atoms. The third-order valence-corrected chi connectivity index (χ3v) is 1.90. The van der Waals surface area contributed by atoms with E-state index in [0.717, 1.165) is 0 Å². The number of aromatic carboxylic acids is 1. The highest BCUT2D eigenvalue weighted by Crippen LogP contribution is 2.07. The fraction of sp³-hybridized carbons (Fsp3) is 0. The summed E-state index contributed by atoms with van der Waals surface area (Å²) in [5.74, 6) is -1.16. The fourth-order valence-electron chi connectivity index (χ4n) is 0.616. The second-order valence-corrected chi connectivity index (χ2v) is 2.63. The van der Waals surface area contributed by atoms with Crippen molar-refractivity contribution in [2.45, 2.75) is 0 Å². The standard InChI is InChI=1S/C6H4BrNO3/c7-4-3(9)1-2-8-5(4)6(10)11/h1-2H,(H,8,9)(H,10,11). The number of pyridine rings is 1. The highest BCUT2D eigenvalue weighted by Gasteiger charge is 2.09. The van der Waals surface area contributed by atoms with Gasteiger partial charge in [0.1, 0.15) is 5.69 Å². The van der Waals surface area contributed by atoms with E-state index in [-0.39, 0.29) is 15.6 Å². The van der Waals surface area contributed by atoms with Gasteiger partial charge in [-0.25, -0.2) is 4.79 Å². The van der Waals surface area contributed by atoms with Crippen LogP contribution in [-0.2, 0) is 0 Å². The molecule has 0 aliphatic heterocycles. The van der Waals surface area contributed by atoms with Crippen LogP contribution in [0, 0.1) is 0 Å². The van der Waals surface area contributed by atoms with Gasteiger partial charge >= 0.3 is 5.97 Å². The van der Waals surface area contributed by atoms with E-state index in [9.17, 15) is 9.59 Å². The first kappa shape index (κ1) is 8.00. The van der Waals surface area contributed by atoms with Gasteiger partial charge in [-0.05, 0) is 15.9 Å². The molecule has 1 aromatic rings. The Bertz CT molecular complexity index is 344. The lowest BCUT2D eigenvalue weighted by atomic mass is 10.3. The number of H-pyrrole nitrogens is 1. The predicted octanol–water partition coefficient (Wildman–Crippen LogP) is 0.836. The SMILES string of the molecule is O=C(O)c1[nH]ccc(=O)c1Br. The number of aromatic amines is 1. The number of carboxylic acids is 1. The number of carbonyl (C=O) groups is 1. The lowest BCUT2D eigenvalue weighted by Gasteiger charge is -1.94. The van der Waals surface area contributed by atoms with E-state index in [0.29, 0.717) is 0 Å². The Kier molecular flexibility index (Phi) is 2.09. The number of halogens is 1. The number of aromatic nitrogens is 1. The van der Waals surface area contributed by atoms with E-state index >= 15 is 0 Å². The Morgan fingerprint density at radius 3 is 2.73 bits per heavy atom. The lowest BCUT2D eigenvalue weighted by molar-refractivity contribution is 0.0689. The largest absolute Gasteiger partial charge is 0.477 e. The van der Waals surface area contributed by atoms with Gasteiger partial charge in [0, 0.05) is 12.3 Å². The molecule has 0 saturated carbocycles. The van der Waals surface area contributed by atoms with Crippen molar-refractivity contribution in [2.24, 2.45) is 0 Å². The third kappa shape index (κ3) is 1.48. The monoisotopic (exact) mass is 217 g/mol. The van der Waals surface area contributed by atoms with Crippen LogP contribution >= 0.6 is 15.9 Å². The van der Waals surface area contributed by atoms with Gasteiger partial charge in [0.05, 0.1) is 4.47 Å². The number of hydrogen-bond donors (Lipinski definition) is 2. The molecule has 5 heteroatoms. The summed E-state index contributed by atoms with van der Waals surface area (Å²) >= 11 is 2.86. The van der Waals surface area contributed by atoms with Crippen molar-refractivity contribution < 1.29 is 9.90 Å². The molecule has 0 aromatic carbocycles. The summed E-state index contributed by atoms with van der Waals surface area (Å²) in [5, 5.41) is 8.49. The Hall–Kier alpha value is -1.10. The van der Waals surface area contributed by atoms with Crippen molar-refractivity contribution >= 4 is 21.9 Å². The molecule has 58 valence electrons. The first-order chi connectivity index (χ1) is 5.13. The minimum Gasteiger partial charge on any atom is -0.477 e. The van der Waals surface area contributed by atoms with Crippen LogP contribution < -0.4 is 5.43 Å². The maximum atomic E-state index is 10.8. The molecule has 0 aliphatic rings. The molecular formula is C6H4BrNO3. The highest BCUT2D eigenvalue weighted by molar-refractivity contribution is 9.10. The van der Waals surface area contributed by atoms with Gasteiger partial charge in [0.25, 0.3) is 0 Å². The predicted molar refractivity (Wildman–Crippen MR) is 41.7 cm³/mol. The summed E-state index contributed by atoms with van der Waals surface area (Å²) < 4.78 is 0.0486. The molecule has 0 atom stereocenters. The van der Waals surface area contributed by atoms with Gasteiger partial charge in [-0.1, -0.05) is 0 Å². The van der Waals surface area contributed by atoms with E-state index < -0.39 is 5.97 Å². The maximum absolute atomic E-state index is 10.8. The summed E-state index contributed by atoms with van der Waals surface area (Å²) in [6.07, 6.45) is 1.29. The molecule has 1 aromatic heterocycles. The van der Waals surface area contributed by atoms with Crippen LogP contribution in [0.4, 0.5) is 0 Å². The van der Waals surface area contributed by atoms with Crippen LogP contribution in [0.2, 0.25) is 0 Å². The third-order valence-electron chi connectivity index (χ3n) is 1.11. The zero-order valence-corrected chi connectivity index (χ0v) is 6.88. The quantitative estimate of drug-likeness (QED) is 0.733. The Balaban J connectivity index is 3.39. The number of rotatable bonds is 1. The van der Waals surface area contributed by atoms with Gasteiger partial charge in [0.2, 0.25) is 0 Å². The summed E-state index contributed by atoms with van der Waals surface area (Å²) in [6.45, 7) is 0. The summed E-state index contributed by atoms with van der Waals surface area (Å²) in [5.41, 5.74) is -0.473. The minimum atomic E-state index is -1.16. The molecule has 0 unspecified atom stereocenters. The molecule has 0 fully saturated rings. The Labute approximate surface area is 70.0 Å². The normalized spacial score (nSPS) is 9.55. The number of hydrogen-bond acceptors (Lipinski definition) is 2. The fourth-order valence-corrected chi connectivity index (χ4v) is 1.03. The van der Waals surface area contributed by atoms with Crippen molar-refractivity contribution in [3.63, 3.8) is 0 Å². The molecule has 4 nitrogen and oxygen atoms in total. The second kappa shape index (κ2) is 2.87. The van der Waals surface area contributed by atoms with Crippen LogP contribution in [0.15, 0.2) is 21.5 Å². The lowest BCUT2D eigenvalue weighted by Crippen LogP contribution is -2.10. The number of nitrogens with one attached hydrogen (secondary N) is 1. The van der Waals surface area contributed by atoms with E-state index in [4.69, 9.17) is 5.11 Å². The molecule has 0 bridgehead atoms. The van der Waals surface area contributed by atoms with Gasteiger partial charge in [-0.15, -0.1) is 0 Å². The van der Waals surface area contributed by atoms with Crippen molar-refractivity contribution in [3.05, 3.63) is 32.7 Å². The second-order valence-electron chi connectivity index (χ2n) is 1.84. The van der Waals surface area contributed by atoms with Crippen molar-refractivity contribution in [1.82, 2.24) is 4.98 Å².